The van der Waals surface area contributed by atoms with Gasteiger partial charge in [0.15, 0.2) is 5.96 Å². The van der Waals surface area contributed by atoms with Crippen molar-refractivity contribution in [2.24, 2.45) is 10.4 Å². The molecule has 0 spiro atoms. The fourth-order valence-corrected chi connectivity index (χ4v) is 3.70. The van der Waals surface area contributed by atoms with Gasteiger partial charge in [0.25, 0.3) is 0 Å². The first-order valence-electron chi connectivity index (χ1n) is 10.0. The van der Waals surface area contributed by atoms with Crippen molar-refractivity contribution in [1.29, 1.82) is 0 Å². The van der Waals surface area contributed by atoms with Gasteiger partial charge in [-0.25, -0.2) is 0 Å². The molecule has 0 aliphatic carbocycles. The number of piperidine rings is 1. The van der Waals surface area contributed by atoms with E-state index in [1.807, 2.05) is 0 Å². The lowest BCUT2D eigenvalue weighted by Crippen LogP contribution is -2.50. The van der Waals surface area contributed by atoms with Crippen molar-refractivity contribution in [2.45, 2.75) is 45.7 Å². The number of rotatable bonds is 6. The normalized spacial score (nSPS) is 22.5. The first kappa shape index (κ1) is 19.2. The molecular weight excluding hydrogens is 324 g/mol. The minimum atomic E-state index is 0.219. The Bertz CT molecular complexity index is 577. The molecule has 2 aliphatic rings. The van der Waals surface area contributed by atoms with Gasteiger partial charge in [-0.05, 0) is 32.3 Å². The van der Waals surface area contributed by atoms with Gasteiger partial charge in [-0.3, -0.25) is 9.89 Å². The fourth-order valence-electron chi connectivity index (χ4n) is 3.70. The van der Waals surface area contributed by atoms with Gasteiger partial charge in [0, 0.05) is 37.1 Å². The summed E-state index contributed by atoms with van der Waals surface area (Å²) in [7, 11) is 0. The molecule has 2 N–H and O–H groups in total. The number of nitrogens with zero attached hydrogens (tertiary/aromatic N) is 2. The fraction of sp³-hybridized carbons (Fsp3) is 0.667. The van der Waals surface area contributed by atoms with Crippen molar-refractivity contribution in [1.82, 2.24) is 15.5 Å². The molecule has 0 radical (unpaired) electrons. The topological polar surface area (TPSA) is 48.9 Å². The van der Waals surface area contributed by atoms with Gasteiger partial charge in [-0.2, -0.15) is 0 Å². The van der Waals surface area contributed by atoms with Crippen molar-refractivity contribution in [3.8, 4) is 0 Å². The van der Waals surface area contributed by atoms with E-state index in [4.69, 9.17) is 9.73 Å². The summed E-state index contributed by atoms with van der Waals surface area (Å²) < 4.78 is 5.34. The number of likely N-dealkylation sites (tertiary alicyclic amines) is 1. The summed E-state index contributed by atoms with van der Waals surface area (Å²) in [5, 5.41) is 7.04. The number of guanidine groups is 1. The zero-order valence-corrected chi connectivity index (χ0v) is 16.5. The van der Waals surface area contributed by atoms with E-state index in [1.165, 1.54) is 5.56 Å². The molecule has 0 aromatic heterocycles. The Hall–Kier alpha value is -1.59. The highest BCUT2D eigenvalue weighted by atomic mass is 16.5. The lowest BCUT2D eigenvalue weighted by atomic mass is 9.89. The Morgan fingerprint density at radius 2 is 1.96 bits per heavy atom. The maximum Gasteiger partial charge on any atom is 0.191 e. The van der Waals surface area contributed by atoms with Crippen LogP contribution in [0.4, 0.5) is 0 Å². The van der Waals surface area contributed by atoms with E-state index in [9.17, 15) is 0 Å². The molecule has 1 aromatic carbocycles. The van der Waals surface area contributed by atoms with E-state index in [1.54, 1.807) is 0 Å². The summed E-state index contributed by atoms with van der Waals surface area (Å²) in [6, 6.07) is 11.8. The summed E-state index contributed by atoms with van der Waals surface area (Å²) in [6.45, 7) is 12.3. The number of nitrogens with one attached hydrogen (secondary N) is 2. The van der Waals surface area contributed by atoms with Crippen molar-refractivity contribution < 1.29 is 4.74 Å². The van der Waals surface area contributed by atoms with Crippen LogP contribution in [0.1, 0.15) is 45.2 Å². The largest absolute Gasteiger partial charge is 0.380 e. The molecule has 2 heterocycles. The third-order valence-corrected chi connectivity index (χ3v) is 5.56. The zero-order chi connectivity index (χ0) is 18.4. The van der Waals surface area contributed by atoms with E-state index in [0.717, 1.165) is 58.2 Å². The molecule has 2 aliphatic heterocycles. The van der Waals surface area contributed by atoms with Gasteiger partial charge in [-0.15, -0.1) is 0 Å². The second-order valence-electron chi connectivity index (χ2n) is 8.04. The van der Waals surface area contributed by atoms with Crippen LogP contribution in [0.2, 0.25) is 0 Å². The average molecular weight is 359 g/mol. The van der Waals surface area contributed by atoms with Crippen LogP contribution in [0, 0.1) is 5.41 Å². The van der Waals surface area contributed by atoms with E-state index < -0.39 is 0 Å². The van der Waals surface area contributed by atoms with E-state index >= 15 is 0 Å². The summed E-state index contributed by atoms with van der Waals surface area (Å²) in [5.74, 6) is 0.954. The molecule has 0 amide bonds. The molecule has 26 heavy (non-hydrogen) atoms. The van der Waals surface area contributed by atoms with Gasteiger partial charge < -0.3 is 15.4 Å². The number of ether oxygens (including phenoxy) is 1. The monoisotopic (exact) mass is 358 g/mol. The highest BCUT2D eigenvalue weighted by Gasteiger charge is 2.33. The van der Waals surface area contributed by atoms with Gasteiger partial charge >= 0.3 is 0 Å². The van der Waals surface area contributed by atoms with Crippen LogP contribution < -0.4 is 10.6 Å². The van der Waals surface area contributed by atoms with Crippen molar-refractivity contribution >= 4 is 5.96 Å². The van der Waals surface area contributed by atoms with Crippen LogP contribution in [0.3, 0.4) is 0 Å². The Kier molecular flexibility index (Phi) is 6.54. The molecule has 5 nitrogen and oxygen atoms in total. The molecule has 0 saturated carbocycles. The van der Waals surface area contributed by atoms with Crippen LogP contribution in [0.15, 0.2) is 35.3 Å². The van der Waals surface area contributed by atoms with E-state index in [2.05, 4.69) is 66.6 Å². The highest BCUT2D eigenvalue weighted by Crippen LogP contribution is 2.27. The number of hydrogen-bond acceptors (Lipinski definition) is 3. The van der Waals surface area contributed by atoms with Gasteiger partial charge in [-0.1, -0.05) is 37.3 Å². The maximum absolute atomic E-state index is 5.34. The molecule has 0 bridgehead atoms. The molecule has 2 saturated heterocycles. The van der Waals surface area contributed by atoms with E-state index in [0.29, 0.717) is 12.1 Å². The highest BCUT2D eigenvalue weighted by molar-refractivity contribution is 5.80. The SMILES string of the molecule is CCNC(=NCC1(C)COC1)NC1CCN(C(C)c2ccccc2)CC1. The lowest BCUT2D eigenvalue weighted by Gasteiger charge is -2.38. The van der Waals surface area contributed by atoms with Crippen LogP contribution in [0.5, 0.6) is 0 Å². The summed E-state index contributed by atoms with van der Waals surface area (Å²) >= 11 is 0. The Morgan fingerprint density at radius 1 is 1.27 bits per heavy atom. The summed E-state index contributed by atoms with van der Waals surface area (Å²) in [6.07, 6.45) is 2.31. The van der Waals surface area contributed by atoms with Crippen molar-refractivity contribution in [3.63, 3.8) is 0 Å². The number of aliphatic imine (C=N–C) groups is 1. The first-order valence-corrected chi connectivity index (χ1v) is 10.0. The summed E-state index contributed by atoms with van der Waals surface area (Å²) in [4.78, 5) is 7.39. The average Bonchev–Trinajstić information content (AvgIpc) is 2.65. The molecular formula is C21H34N4O. The predicted molar refractivity (Wildman–Crippen MR) is 107 cm³/mol. The van der Waals surface area contributed by atoms with Gasteiger partial charge in [0.1, 0.15) is 0 Å². The molecule has 5 heteroatoms. The lowest BCUT2D eigenvalue weighted by molar-refractivity contribution is -0.0945. The minimum Gasteiger partial charge on any atom is -0.380 e. The maximum atomic E-state index is 5.34. The van der Waals surface area contributed by atoms with Crippen LogP contribution in [-0.4, -0.2) is 56.3 Å². The van der Waals surface area contributed by atoms with Gasteiger partial charge in [0.05, 0.1) is 19.8 Å². The van der Waals surface area contributed by atoms with Crippen LogP contribution >= 0.6 is 0 Å². The smallest absolute Gasteiger partial charge is 0.191 e. The van der Waals surface area contributed by atoms with Crippen LogP contribution in [-0.2, 0) is 4.74 Å². The predicted octanol–water partition coefficient (Wildman–Crippen LogP) is 2.80. The van der Waals surface area contributed by atoms with Crippen molar-refractivity contribution in [3.05, 3.63) is 35.9 Å². The third kappa shape index (κ3) is 4.98. The molecule has 3 rings (SSSR count). The molecule has 144 valence electrons. The first-order chi connectivity index (χ1) is 12.6. The number of hydrogen-bond donors (Lipinski definition) is 2. The standard InChI is InChI=1S/C21H34N4O/c1-4-22-20(23-14-21(3)15-26-16-21)24-19-10-12-25(13-11-19)17(2)18-8-6-5-7-9-18/h5-9,17,19H,4,10-16H2,1-3H3,(H2,22,23,24). The molecule has 2 fully saturated rings. The Morgan fingerprint density at radius 3 is 2.54 bits per heavy atom. The molecule has 1 aromatic rings. The molecule has 1 atom stereocenters. The van der Waals surface area contributed by atoms with E-state index in [-0.39, 0.29) is 5.41 Å². The number of benzene rings is 1. The Balaban J connectivity index is 1.49. The second-order valence-corrected chi connectivity index (χ2v) is 8.04. The summed E-state index contributed by atoms with van der Waals surface area (Å²) in [5.41, 5.74) is 1.63. The quantitative estimate of drug-likeness (QED) is 0.606. The molecule has 1 unspecified atom stereocenters. The van der Waals surface area contributed by atoms with Gasteiger partial charge in [0.2, 0.25) is 0 Å². The van der Waals surface area contributed by atoms with Crippen LogP contribution in [0.25, 0.3) is 0 Å². The third-order valence-electron chi connectivity index (χ3n) is 5.56. The minimum absolute atomic E-state index is 0.219. The second kappa shape index (κ2) is 8.87. The zero-order valence-electron chi connectivity index (χ0n) is 16.5. The van der Waals surface area contributed by atoms with Crippen molar-refractivity contribution in [2.75, 3.05) is 39.4 Å². The Labute approximate surface area is 158 Å².